The minimum absolute atomic E-state index is 0.659. The van der Waals surface area contributed by atoms with Crippen molar-refractivity contribution in [3.8, 4) is 12.3 Å². The van der Waals surface area contributed by atoms with E-state index in [1.165, 1.54) is 31.2 Å². The van der Waals surface area contributed by atoms with Crippen LogP contribution in [0.2, 0.25) is 0 Å². The van der Waals surface area contributed by atoms with E-state index in [0.29, 0.717) is 6.54 Å². The normalized spacial score (nSPS) is 17.5. The van der Waals surface area contributed by atoms with Gasteiger partial charge in [-0.25, -0.2) is 4.98 Å². The summed E-state index contributed by atoms with van der Waals surface area (Å²) in [6, 6.07) is 5.18. The molecule has 1 N–H and O–H groups in total. The Balaban J connectivity index is 1.76. The lowest BCUT2D eigenvalue weighted by Gasteiger charge is -2.22. The maximum Gasteiger partial charge on any atom is 0.129 e. The molecule has 3 nitrogen and oxygen atoms in total. The van der Waals surface area contributed by atoms with Crippen LogP contribution in [0.4, 0.5) is 5.82 Å². The number of nitrogens with zero attached hydrogens (tertiary/aromatic N) is 2. The zero-order valence-electron chi connectivity index (χ0n) is 12.9. The molecule has 0 saturated heterocycles. The van der Waals surface area contributed by atoms with Gasteiger partial charge in [-0.3, -0.25) is 0 Å². The summed E-state index contributed by atoms with van der Waals surface area (Å²) in [6.45, 7) is 4.82. The Morgan fingerprint density at radius 3 is 2.76 bits per heavy atom. The van der Waals surface area contributed by atoms with Crippen molar-refractivity contribution in [1.82, 2.24) is 10.3 Å². The van der Waals surface area contributed by atoms with Gasteiger partial charge in [-0.15, -0.1) is 6.42 Å². The van der Waals surface area contributed by atoms with Gasteiger partial charge in [0, 0.05) is 24.8 Å². The summed E-state index contributed by atoms with van der Waals surface area (Å²) in [5.74, 6) is 4.67. The van der Waals surface area contributed by atoms with E-state index >= 15 is 0 Å². The molecule has 0 radical (unpaired) electrons. The second-order valence-corrected chi connectivity index (χ2v) is 6.36. The number of terminal acetylenes is 1. The van der Waals surface area contributed by atoms with Crippen LogP contribution in [0.1, 0.15) is 43.9 Å². The van der Waals surface area contributed by atoms with Gasteiger partial charge in [0.05, 0.1) is 6.54 Å². The average molecular weight is 283 g/mol. The predicted molar refractivity (Wildman–Crippen MR) is 87.2 cm³/mol. The van der Waals surface area contributed by atoms with Crippen LogP contribution >= 0.6 is 0 Å². The molecule has 0 amide bonds. The molecular formula is C18H25N3. The fraction of sp³-hybridized carbons (Fsp3) is 0.611. The molecule has 0 unspecified atom stereocenters. The van der Waals surface area contributed by atoms with Crippen LogP contribution in [-0.2, 0) is 13.0 Å². The van der Waals surface area contributed by atoms with Crippen LogP contribution in [-0.4, -0.2) is 24.1 Å². The molecule has 21 heavy (non-hydrogen) atoms. The van der Waals surface area contributed by atoms with E-state index in [1.54, 1.807) is 0 Å². The topological polar surface area (TPSA) is 28.2 Å². The zero-order chi connectivity index (χ0) is 14.7. The minimum Gasteiger partial charge on any atom is -0.345 e. The number of hydrogen-bond donors (Lipinski definition) is 1. The van der Waals surface area contributed by atoms with E-state index in [2.05, 4.69) is 35.2 Å². The van der Waals surface area contributed by atoms with E-state index in [1.807, 2.05) is 0 Å². The molecule has 0 spiro atoms. The van der Waals surface area contributed by atoms with E-state index in [-0.39, 0.29) is 0 Å². The molecule has 0 aliphatic heterocycles. The lowest BCUT2D eigenvalue weighted by atomic mass is 10.1. The first-order valence-electron chi connectivity index (χ1n) is 8.20. The maximum absolute atomic E-state index is 5.55. The number of anilines is 1. The first-order chi connectivity index (χ1) is 10.3. The van der Waals surface area contributed by atoms with E-state index in [0.717, 1.165) is 43.0 Å². The highest BCUT2D eigenvalue weighted by Gasteiger charge is 2.25. The molecule has 0 aromatic carbocycles. The summed E-state index contributed by atoms with van der Waals surface area (Å²) >= 11 is 0. The number of rotatable bonds is 8. The second-order valence-electron chi connectivity index (χ2n) is 6.36. The third-order valence-electron chi connectivity index (χ3n) is 4.24. The molecule has 3 rings (SSSR count). The summed E-state index contributed by atoms with van der Waals surface area (Å²) in [5.41, 5.74) is 2.50. The highest BCUT2D eigenvalue weighted by atomic mass is 15.2. The highest BCUT2D eigenvalue weighted by molar-refractivity contribution is 5.44. The lowest BCUT2D eigenvalue weighted by Crippen LogP contribution is -2.27. The summed E-state index contributed by atoms with van der Waals surface area (Å²) in [6.07, 6.45) is 11.8. The molecule has 2 fully saturated rings. The fourth-order valence-corrected chi connectivity index (χ4v) is 2.59. The van der Waals surface area contributed by atoms with E-state index in [4.69, 9.17) is 11.4 Å². The second kappa shape index (κ2) is 6.49. The van der Waals surface area contributed by atoms with Crippen molar-refractivity contribution in [2.45, 2.75) is 51.6 Å². The summed E-state index contributed by atoms with van der Waals surface area (Å²) < 4.78 is 0. The third kappa shape index (κ3) is 4.22. The van der Waals surface area contributed by atoms with Crippen molar-refractivity contribution in [2.24, 2.45) is 5.92 Å². The van der Waals surface area contributed by atoms with Gasteiger partial charge >= 0.3 is 0 Å². The zero-order valence-corrected chi connectivity index (χ0v) is 12.9. The SMILES string of the molecule is C#CCN(CC1CC1)c1cc(CNC2CC2)cc(CC)n1. The van der Waals surface area contributed by atoms with Gasteiger partial charge in [0.2, 0.25) is 0 Å². The van der Waals surface area contributed by atoms with Crippen molar-refractivity contribution < 1.29 is 0 Å². The Morgan fingerprint density at radius 1 is 1.33 bits per heavy atom. The Hall–Kier alpha value is -1.53. The summed E-state index contributed by atoms with van der Waals surface area (Å²) in [7, 11) is 0. The maximum atomic E-state index is 5.55. The Morgan fingerprint density at radius 2 is 2.14 bits per heavy atom. The molecule has 1 heterocycles. The van der Waals surface area contributed by atoms with Gasteiger partial charge in [0.1, 0.15) is 5.82 Å². The lowest BCUT2D eigenvalue weighted by molar-refractivity contribution is 0.684. The highest BCUT2D eigenvalue weighted by Crippen LogP contribution is 2.31. The van der Waals surface area contributed by atoms with Crippen molar-refractivity contribution >= 4 is 5.82 Å². The number of pyridine rings is 1. The fourth-order valence-electron chi connectivity index (χ4n) is 2.59. The van der Waals surface area contributed by atoms with E-state index in [9.17, 15) is 0 Å². The van der Waals surface area contributed by atoms with E-state index < -0.39 is 0 Å². The molecule has 1 aromatic rings. The molecule has 0 atom stereocenters. The third-order valence-corrected chi connectivity index (χ3v) is 4.24. The van der Waals surface area contributed by atoms with Crippen LogP contribution in [0.3, 0.4) is 0 Å². The summed E-state index contributed by atoms with van der Waals surface area (Å²) in [4.78, 5) is 7.07. The molecule has 2 aliphatic carbocycles. The first-order valence-corrected chi connectivity index (χ1v) is 8.20. The van der Waals surface area contributed by atoms with Gasteiger partial charge < -0.3 is 10.2 Å². The van der Waals surface area contributed by atoms with Crippen molar-refractivity contribution in [3.63, 3.8) is 0 Å². The molecular weight excluding hydrogens is 258 g/mol. The van der Waals surface area contributed by atoms with Crippen LogP contribution in [0.15, 0.2) is 12.1 Å². The number of aromatic nitrogens is 1. The number of nitrogens with one attached hydrogen (secondary N) is 1. The van der Waals surface area contributed by atoms with Crippen LogP contribution < -0.4 is 10.2 Å². The van der Waals surface area contributed by atoms with Gasteiger partial charge in [0.25, 0.3) is 0 Å². The molecule has 1 aromatic heterocycles. The van der Waals surface area contributed by atoms with Crippen LogP contribution in [0.5, 0.6) is 0 Å². The number of aryl methyl sites for hydroxylation is 1. The molecule has 0 bridgehead atoms. The molecule has 3 heteroatoms. The van der Waals surface area contributed by atoms with Gasteiger partial charge in [0.15, 0.2) is 0 Å². The number of hydrogen-bond acceptors (Lipinski definition) is 3. The average Bonchev–Trinajstić information content (AvgIpc) is 3.38. The standard InChI is InChI=1S/C18H25N3/c1-3-9-21(13-14-5-6-14)18-11-15(10-16(4-2)20-18)12-19-17-7-8-17/h1,10-11,14,17,19H,4-9,12-13H2,2H3. The Labute approximate surface area is 128 Å². The van der Waals surface area contributed by atoms with Crippen molar-refractivity contribution in [1.29, 1.82) is 0 Å². The van der Waals surface area contributed by atoms with Gasteiger partial charge in [-0.2, -0.15) is 0 Å². The molecule has 2 aliphatic rings. The van der Waals surface area contributed by atoms with Crippen LogP contribution in [0, 0.1) is 18.3 Å². The predicted octanol–water partition coefficient (Wildman–Crippen LogP) is 2.75. The molecule has 112 valence electrons. The van der Waals surface area contributed by atoms with Crippen molar-refractivity contribution in [2.75, 3.05) is 18.0 Å². The van der Waals surface area contributed by atoms with Crippen molar-refractivity contribution in [3.05, 3.63) is 23.4 Å². The monoisotopic (exact) mass is 283 g/mol. The first kappa shape index (κ1) is 14.4. The minimum atomic E-state index is 0.659. The largest absolute Gasteiger partial charge is 0.345 e. The Bertz CT molecular complexity index is 524. The van der Waals surface area contributed by atoms with Crippen LogP contribution in [0.25, 0.3) is 0 Å². The van der Waals surface area contributed by atoms with Gasteiger partial charge in [-0.1, -0.05) is 12.8 Å². The summed E-state index contributed by atoms with van der Waals surface area (Å²) in [5, 5.41) is 3.59. The quantitative estimate of drug-likeness (QED) is 0.744. The molecule has 2 saturated carbocycles. The van der Waals surface area contributed by atoms with Gasteiger partial charge in [-0.05, 0) is 55.7 Å². The smallest absolute Gasteiger partial charge is 0.129 e. The Kier molecular flexibility index (Phi) is 4.45.